The van der Waals surface area contributed by atoms with Gasteiger partial charge in [-0.1, -0.05) is 146 Å². The van der Waals surface area contributed by atoms with Crippen molar-refractivity contribution in [3.63, 3.8) is 0 Å². The molecule has 0 radical (unpaired) electrons. The lowest BCUT2D eigenvalue weighted by Gasteiger charge is -2.18. The van der Waals surface area contributed by atoms with E-state index in [1.165, 1.54) is 106 Å². The Kier molecular flexibility index (Phi) is 6.54. The maximum Gasteiger partial charge on any atom is 0.143 e. The van der Waals surface area contributed by atoms with E-state index in [1.54, 1.807) is 0 Å². The molecule has 0 spiro atoms. The third-order valence-corrected chi connectivity index (χ3v) is 14.3. The minimum Gasteiger partial charge on any atom is -0.455 e. The summed E-state index contributed by atoms with van der Waals surface area (Å²) < 4.78 is 12.1. The molecule has 0 aliphatic heterocycles. The van der Waals surface area contributed by atoms with Gasteiger partial charge in [-0.15, -0.1) is 22.7 Å². The second-order valence-corrected chi connectivity index (χ2v) is 17.3. The zero-order valence-electron chi connectivity index (χ0n) is 30.5. The van der Waals surface area contributed by atoms with Crippen LogP contribution in [0.25, 0.3) is 128 Å². The highest BCUT2D eigenvalue weighted by molar-refractivity contribution is 7.26. The molecule has 13 rings (SSSR count). The molecule has 0 atom stereocenters. The minimum atomic E-state index is 0.929. The van der Waals surface area contributed by atoms with Crippen LogP contribution in [0, 0.1) is 0 Å². The summed E-state index contributed by atoms with van der Waals surface area (Å²) in [6.45, 7) is 0. The Morgan fingerprint density at radius 2 is 0.807 bits per heavy atom. The van der Waals surface area contributed by atoms with Gasteiger partial charge in [-0.05, 0) is 96.5 Å². The third kappa shape index (κ3) is 4.50. The van der Waals surface area contributed by atoms with Crippen LogP contribution in [0.2, 0.25) is 0 Å². The molecule has 13 aromatic rings. The van der Waals surface area contributed by atoms with E-state index in [0.717, 1.165) is 22.3 Å². The maximum absolute atomic E-state index is 6.91. The molecule has 10 aromatic carbocycles. The number of hydrogen-bond acceptors (Lipinski definition) is 3. The number of hydrogen-bond donors (Lipinski definition) is 0. The number of benzene rings is 10. The van der Waals surface area contributed by atoms with Crippen LogP contribution in [0.4, 0.5) is 0 Å². The fourth-order valence-corrected chi connectivity index (χ4v) is 11.9. The number of thiophene rings is 2. The lowest BCUT2D eigenvalue weighted by Crippen LogP contribution is -1.91. The molecular formula is C54H30OS2. The Morgan fingerprint density at radius 3 is 1.51 bits per heavy atom. The molecule has 0 aliphatic rings. The molecule has 3 heterocycles. The van der Waals surface area contributed by atoms with Gasteiger partial charge in [0.05, 0.1) is 0 Å². The fraction of sp³-hybridized carbons (Fsp3) is 0. The molecule has 0 saturated carbocycles. The fourth-order valence-electron chi connectivity index (χ4n) is 9.60. The van der Waals surface area contributed by atoms with E-state index in [-0.39, 0.29) is 0 Å². The van der Waals surface area contributed by atoms with Gasteiger partial charge in [0.25, 0.3) is 0 Å². The molecule has 0 N–H and O–H groups in total. The van der Waals surface area contributed by atoms with E-state index in [2.05, 4.69) is 182 Å². The Hall–Kier alpha value is -6.78. The van der Waals surface area contributed by atoms with Gasteiger partial charge < -0.3 is 4.42 Å². The van der Waals surface area contributed by atoms with Crippen molar-refractivity contribution in [3.05, 3.63) is 182 Å². The van der Waals surface area contributed by atoms with E-state index in [9.17, 15) is 0 Å². The number of rotatable bonds is 3. The highest BCUT2D eigenvalue weighted by Gasteiger charge is 2.21. The average Bonchev–Trinajstić information content (AvgIpc) is 3.95. The Balaban J connectivity index is 1.02. The maximum atomic E-state index is 6.91. The Morgan fingerprint density at radius 1 is 0.298 bits per heavy atom. The van der Waals surface area contributed by atoms with Crippen LogP contribution in [0.5, 0.6) is 0 Å². The van der Waals surface area contributed by atoms with Crippen LogP contribution in [0.15, 0.2) is 186 Å². The largest absolute Gasteiger partial charge is 0.455 e. The summed E-state index contributed by atoms with van der Waals surface area (Å²) in [7, 11) is 0. The van der Waals surface area contributed by atoms with E-state index < -0.39 is 0 Å². The zero-order chi connectivity index (χ0) is 37.2. The summed E-state index contributed by atoms with van der Waals surface area (Å²) in [5, 5.41) is 15.0. The van der Waals surface area contributed by atoms with Crippen LogP contribution in [-0.4, -0.2) is 0 Å². The first-order valence-corrected chi connectivity index (χ1v) is 21.0. The van der Waals surface area contributed by atoms with E-state index >= 15 is 0 Å². The van der Waals surface area contributed by atoms with Gasteiger partial charge in [0.2, 0.25) is 0 Å². The van der Waals surface area contributed by atoms with Crippen LogP contribution < -0.4 is 0 Å². The smallest absolute Gasteiger partial charge is 0.143 e. The second-order valence-electron chi connectivity index (χ2n) is 15.1. The second kappa shape index (κ2) is 11.9. The number of fused-ring (bicyclic) bond motifs is 13. The van der Waals surface area contributed by atoms with Crippen molar-refractivity contribution in [1.29, 1.82) is 0 Å². The molecular weight excluding hydrogens is 729 g/mol. The summed E-state index contributed by atoms with van der Waals surface area (Å²) in [5.74, 6) is 0. The third-order valence-electron chi connectivity index (χ3n) is 12.0. The van der Waals surface area contributed by atoms with Gasteiger partial charge in [0.1, 0.15) is 11.2 Å². The summed E-state index contributed by atoms with van der Waals surface area (Å²) in [4.78, 5) is 0. The molecule has 0 fully saturated rings. The van der Waals surface area contributed by atoms with Gasteiger partial charge in [-0.2, -0.15) is 0 Å². The van der Waals surface area contributed by atoms with Crippen molar-refractivity contribution in [2.24, 2.45) is 0 Å². The van der Waals surface area contributed by atoms with Gasteiger partial charge in [0.15, 0.2) is 0 Å². The van der Waals surface area contributed by atoms with Crippen LogP contribution in [-0.2, 0) is 0 Å². The molecule has 264 valence electrons. The van der Waals surface area contributed by atoms with E-state index in [1.807, 2.05) is 22.7 Å². The predicted molar refractivity (Wildman–Crippen MR) is 248 cm³/mol. The quantitative estimate of drug-likeness (QED) is 0.164. The van der Waals surface area contributed by atoms with Crippen molar-refractivity contribution in [2.75, 3.05) is 0 Å². The highest BCUT2D eigenvalue weighted by atomic mass is 32.1. The summed E-state index contributed by atoms with van der Waals surface area (Å²) in [5.41, 5.74) is 9.16. The van der Waals surface area contributed by atoms with Crippen LogP contribution in [0.3, 0.4) is 0 Å². The zero-order valence-corrected chi connectivity index (χ0v) is 32.2. The van der Waals surface area contributed by atoms with Gasteiger partial charge >= 0.3 is 0 Å². The molecule has 0 bridgehead atoms. The van der Waals surface area contributed by atoms with Crippen molar-refractivity contribution in [1.82, 2.24) is 0 Å². The SMILES string of the molecule is c1ccc2c(-c3ccc(-c4c5ccccc5c(-c5ccc6c(c5)sc5ccccc56)c5ccccc45)cc3)c3oc4ccc5sc6ccccc6c5c4c3cc2c1. The van der Waals surface area contributed by atoms with Crippen LogP contribution >= 0.6 is 22.7 Å². The monoisotopic (exact) mass is 758 g/mol. The van der Waals surface area contributed by atoms with E-state index in [0.29, 0.717) is 0 Å². The van der Waals surface area contributed by atoms with Gasteiger partial charge in [-0.3, -0.25) is 0 Å². The topological polar surface area (TPSA) is 13.1 Å². The lowest BCUT2D eigenvalue weighted by molar-refractivity contribution is 0.671. The van der Waals surface area contributed by atoms with Crippen molar-refractivity contribution >= 4 is 117 Å². The first kappa shape index (κ1) is 31.4. The summed E-state index contributed by atoms with van der Waals surface area (Å²) in [6.07, 6.45) is 0. The van der Waals surface area contributed by atoms with E-state index in [4.69, 9.17) is 4.42 Å². The molecule has 0 aliphatic carbocycles. The molecule has 3 aromatic heterocycles. The average molecular weight is 759 g/mol. The first-order chi connectivity index (χ1) is 28.3. The standard InChI is InChI=1S/C54H30OS2/c1-2-12-35-33(11-1)29-43-52-44(27-28-47-53(52)42-18-8-10-20-46(42)56-47)55-54(43)51(35)32-23-21-31(22-24-32)49-38-14-3-5-16-40(38)50(41-17-6-4-15-39(41)49)34-25-26-37-36-13-7-9-19-45(36)57-48(37)30-34/h1-30H. The van der Waals surface area contributed by atoms with Gasteiger partial charge in [-0.25, -0.2) is 0 Å². The predicted octanol–water partition coefficient (Wildman–Crippen LogP) is 16.8. The molecule has 3 heteroatoms. The molecule has 0 saturated heterocycles. The molecule has 57 heavy (non-hydrogen) atoms. The molecule has 0 unspecified atom stereocenters. The lowest BCUT2D eigenvalue weighted by atomic mass is 9.85. The van der Waals surface area contributed by atoms with Gasteiger partial charge in [0, 0.05) is 56.7 Å². The Labute approximate surface area is 335 Å². The normalized spacial score (nSPS) is 12.2. The van der Waals surface area contributed by atoms with Crippen LogP contribution in [0.1, 0.15) is 0 Å². The van der Waals surface area contributed by atoms with Crippen molar-refractivity contribution < 1.29 is 4.42 Å². The van der Waals surface area contributed by atoms with Crippen molar-refractivity contribution in [3.8, 4) is 33.4 Å². The minimum absolute atomic E-state index is 0.929. The first-order valence-electron chi connectivity index (χ1n) is 19.4. The highest BCUT2D eigenvalue weighted by Crippen LogP contribution is 2.48. The summed E-state index contributed by atoms with van der Waals surface area (Å²) in [6, 6.07) is 67.1. The summed E-state index contributed by atoms with van der Waals surface area (Å²) >= 11 is 3.73. The Bertz CT molecular complexity index is 3750. The molecule has 1 nitrogen and oxygen atoms in total. The van der Waals surface area contributed by atoms with Crippen molar-refractivity contribution in [2.45, 2.75) is 0 Å². The number of furan rings is 1. The molecule has 0 amide bonds.